The van der Waals surface area contributed by atoms with Crippen LogP contribution in [0.4, 0.5) is 8.78 Å². The Morgan fingerprint density at radius 3 is 1.11 bits per heavy atom. The largest absolute Gasteiger partial charge is 0.481 e. The van der Waals surface area contributed by atoms with Crippen LogP contribution in [0.1, 0.15) is 287 Å². The van der Waals surface area contributed by atoms with E-state index in [0.29, 0.717) is 53.8 Å². The molecule has 116 heavy (non-hydrogen) atoms. The van der Waals surface area contributed by atoms with Gasteiger partial charge in [0.15, 0.2) is 0 Å². The summed E-state index contributed by atoms with van der Waals surface area (Å²) in [5.41, 5.74) is 18.2. The van der Waals surface area contributed by atoms with Gasteiger partial charge in [-0.1, -0.05) is 257 Å². The number of ether oxygens (including phenoxy) is 4. The molecule has 9 aromatic rings. The fourth-order valence-electron chi connectivity index (χ4n) is 13.3. The third-order valence-corrected chi connectivity index (χ3v) is 19.3. The van der Waals surface area contributed by atoms with E-state index in [9.17, 15) is 8.78 Å². The Balaban J connectivity index is 0.000000653. The normalized spacial score (nSPS) is 11.6. The van der Waals surface area contributed by atoms with Gasteiger partial charge in [-0.2, -0.15) is 5.26 Å². The summed E-state index contributed by atoms with van der Waals surface area (Å²) >= 11 is 36.2. The molecule has 9 rings (SSSR count). The van der Waals surface area contributed by atoms with E-state index in [-0.39, 0.29) is 54.6 Å². The second kappa shape index (κ2) is 44.6. The van der Waals surface area contributed by atoms with Gasteiger partial charge in [0.25, 0.3) is 0 Å². The summed E-state index contributed by atoms with van der Waals surface area (Å²) in [5, 5.41) is 12.5. The first-order valence-corrected chi connectivity index (χ1v) is 40.6. The van der Waals surface area contributed by atoms with Gasteiger partial charge in [0.1, 0.15) is 33.0 Å². The zero-order chi connectivity index (χ0) is 90.3. The SMILES string of the molecule is CC(C)(C)c1c(F)cncc1C#N.CC(C)(C)c1c(F)cncc1Cl.COc1ccc(Cl)c(C(C)(C)C)n1.COc1ncc(C)c(C(C)(C)C)c1C.COc1ncc(C)c(C(C)(C)C)c1Cl.COc1nccc(C)c1C(C)(C)C.Cc1cc(C)c(C(C)(C)C)c(Cl)n1.Cc1ccnc(Cl)c1C(C)(C)C.Cc1nccc(Cl)c1C(C)(C)C. The topological polar surface area (TPSA) is 177 Å². The molecule has 0 aliphatic carbocycles. The molecule has 0 aliphatic rings. The molecule has 0 bridgehead atoms. The summed E-state index contributed by atoms with van der Waals surface area (Å²) in [4.78, 5) is 36.7. The summed E-state index contributed by atoms with van der Waals surface area (Å²) in [6, 6.07) is 13.4. The minimum absolute atomic E-state index is 0.0113. The van der Waals surface area contributed by atoms with Crippen LogP contribution in [0.2, 0.25) is 30.4 Å². The van der Waals surface area contributed by atoms with Gasteiger partial charge < -0.3 is 18.9 Å². The molecule has 0 spiro atoms. The number of hydrogen-bond donors (Lipinski definition) is 0. The van der Waals surface area contributed by atoms with Gasteiger partial charge in [-0.25, -0.2) is 38.7 Å². The maximum atomic E-state index is 13.3. The molecule has 22 heteroatoms. The minimum Gasteiger partial charge on any atom is -0.481 e. The molecule has 9 heterocycles. The average Bonchev–Trinajstić information content (AvgIpc) is 0.792. The standard InChI is InChI=1S/C12H19NO.C11H16ClNO.C11H16ClN.C11H17NO.C10H14ClNO.2C10H14ClN.C10H11FN2.C9H11ClFN/c1-8-7-13-11(14-6)9(2)10(8)12(3,4)5;1-7-6-13-10(14-5)9(12)8(7)11(2,3)4;1-7-6-8(2)13-10(12)9(7)11(3,4)5;1-8-6-7-12-10(13-5)9(8)11(2,3)4;1-10(2,3)9-7(11)5-6-8(12-9)13-4;1-7-9(10(2,3)4)8(11)5-6-12-7;1-7-5-6-12-9(11)8(7)10(2,3)4;1-10(2,3)9-7(4-12)5-13-6-8(9)11;1-9(2,3)8-6(10)4-12-5-7(8)11/h7H,1-6H3;6H,1-5H3;6H,1-5H3;6-7H,1-5H3;5-6H,1-4H3;2*5-6H,1-4H3;5-6H,1-3H3;4-5H,1-3H3. The lowest BCUT2D eigenvalue weighted by molar-refractivity contribution is 0.380. The zero-order valence-electron chi connectivity index (χ0n) is 76.8. The van der Waals surface area contributed by atoms with E-state index in [0.717, 1.165) is 73.4 Å². The van der Waals surface area contributed by atoms with Gasteiger partial charge >= 0.3 is 0 Å². The van der Waals surface area contributed by atoms with Crippen molar-refractivity contribution in [3.8, 4) is 29.6 Å². The van der Waals surface area contributed by atoms with Crippen molar-refractivity contribution >= 4 is 69.6 Å². The van der Waals surface area contributed by atoms with Crippen LogP contribution in [-0.4, -0.2) is 73.3 Å². The van der Waals surface area contributed by atoms with E-state index >= 15 is 0 Å². The van der Waals surface area contributed by atoms with E-state index in [1.165, 1.54) is 52.0 Å². The third kappa shape index (κ3) is 33.1. The second-order valence-electron chi connectivity index (χ2n) is 37.5. The number of aryl methyl sites for hydroxylation is 7. The molecule has 0 fully saturated rings. The molecule has 0 radical (unpaired) electrons. The van der Waals surface area contributed by atoms with E-state index in [1.807, 2.05) is 98.8 Å². The van der Waals surface area contributed by atoms with Gasteiger partial charge in [0.2, 0.25) is 23.5 Å². The van der Waals surface area contributed by atoms with Crippen LogP contribution in [0.5, 0.6) is 23.5 Å². The van der Waals surface area contributed by atoms with E-state index < -0.39 is 5.82 Å². The molecular formula is C94H132Cl6F2N10O4. The summed E-state index contributed by atoms with van der Waals surface area (Å²) in [5.74, 6) is 1.84. The molecule has 14 nitrogen and oxygen atoms in total. The zero-order valence-corrected chi connectivity index (χ0v) is 81.3. The number of methoxy groups -OCH3 is 4. The Morgan fingerprint density at radius 2 is 0.750 bits per heavy atom. The van der Waals surface area contributed by atoms with Crippen molar-refractivity contribution in [2.24, 2.45) is 0 Å². The minimum atomic E-state index is -0.411. The molecule has 0 aromatic carbocycles. The molecule has 9 aromatic heterocycles. The maximum absolute atomic E-state index is 13.3. The summed E-state index contributed by atoms with van der Waals surface area (Å²) in [6.45, 7) is 72.7. The fourth-order valence-corrected chi connectivity index (χ4v) is 16.2. The average molecular weight is 1720 g/mol. The van der Waals surface area contributed by atoms with Crippen LogP contribution in [0.3, 0.4) is 0 Å². The van der Waals surface area contributed by atoms with Crippen molar-refractivity contribution in [2.75, 3.05) is 28.4 Å². The fraction of sp³-hybridized carbons (Fsp3) is 0.511. The van der Waals surface area contributed by atoms with E-state index in [1.54, 1.807) is 59.3 Å². The number of halogens is 8. The lowest BCUT2D eigenvalue weighted by atomic mass is 9.82. The maximum Gasteiger partial charge on any atom is 0.232 e. The Labute approximate surface area is 726 Å². The highest BCUT2D eigenvalue weighted by Gasteiger charge is 2.29. The Kier molecular flexibility index (Phi) is 41.0. The van der Waals surface area contributed by atoms with Crippen LogP contribution in [0, 0.1) is 78.4 Å². The summed E-state index contributed by atoms with van der Waals surface area (Å²) < 4.78 is 47.1. The van der Waals surface area contributed by atoms with Crippen molar-refractivity contribution in [1.82, 2.24) is 44.9 Å². The molecule has 0 saturated carbocycles. The second-order valence-corrected chi connectivity index (χ2v) is 39.8. The molecule has 0 saturated heterocycles. The summed E-state index contributed by atoms with van der Waals surface area (Å²) in [6.07, 6.45) is 14.1. The van der Waals surface area contributed by atoms with Crippen LogP contribution in [-0.2, 0) is 48.7 Å². The Morgan fingerprint density at radius 1 is 0.336 bits per heavy atom. The molecule has 638 valence electrons. The van der Waals surface area contributed by atoms with Gasteiger partial charge in [-0.15, -0.1) is 0 Å². The monoisotopic (exact) mass is 1710 g/mol. The lowest BCUT2D eigenvalue weighted by Gasteiger charge is -2.24. The molecule has 0 aliphatic heterocycles. The third-order valence-electron chi connectivity index (χ3n) is 17.5. The van der Waals surface area contributed by atoms with Crippen molar-refractivity contribution in [1.29, 1.82) is 5.26 Å². The first-order valence-electron chi connectivity index (χ1n) is 38.4. The first kappa shape index (κ1) is 107. The van der Waals surface area contributed by atoms with Crippen LogP contribution >= 0.6 is 69.6 Å². The van der Waals surface area contributed by atoms with E-state index in [2.05, 4.69) is 231 Å². The smallest absolute Gasteiger partial charge is 0.232 e. The number of nitrogens with zero attached hydrogens (tertiary/aromatic N) is 10. The van der Waals surface area contributed by atoms with Crippen molar-refractivity contribution in [3.05, 3.63) is 235 Å². The van der Waals surface area contributed by atoms with Gasteiger partial charge in [0, 0.05) is 93.5 Å². The summed E-state index contributed by atoms with van der Waals surface area (Å²) in [7, 11) is 6.51. The molecular weight excluding hydrogens is 1580 g/mol. The molecule has 0 amide bonds. The van der Waals surface area contributed by atoms with Crippen LogP contribution < -0.4 is 18.9 Å². The van der Waals surface area contributed by atoms with Crippen LogP contribution in [0.25, 0.3) is 0 Å². The number of pyridine rings is 9. The highest BCUT2D eigenvalue weighted by Crippen LogP contribution is 2.40. The number of hydrogen-bond acceptors (Lipinski definition) is 14. The first-order chi connectivity index (χ1) is 52.7. The van der Waals surface area contributed by atoms with Crippen molar-refractivity contribution in [2.45, 2.75) is 291 Å². The van der Waals surface area contributed by atoms with Crippen molar-refractivity contribution < 1.29 is 27.7 Å². The highest BCUT2D eigenvalue weighted by molar-refractivity contribution is 6.33. The van der Waals surface area contributed by atoms with Gasteiger partial charge in [0.05, 0.1) is 62.1 Å². The molecule has 0 N–H and O–H groups in total. The Bertz CT molecular complexity index is 4410. The van der Waals surface area contributed by atoms with Gasteiger partial charge in [-0.05, 0) is 185 Å². The predicted molar refractivity (Wildman–Crippen MR) is 485 cm³/mol. The predicted octanol–water partition coefficient (Wildman–Crippen LogP) is 28.0. The number of nitriles is 1. The highest BCUT2D eigenvalue weighted by atomic mass is 35.5. The Hall–Kier alpha value is -7.36. The number of rotatable bonds is 4. The van der Waals surface area contributed by atoms with Gasteiger partial charge in [-0.3, -0.25) is 15.0 Å². The molecule has 0 unspecified atom stereocenters. The number of aromatic nitrogens is 9. The van der Waals surface area contributed by atoms with Crippen LogP contribution in [0.15, 0.2) is 92.2 Å². The quantitative estimate of drug-likeness (QED) is 0.152. The van der Waals surface area contributed by atoms with E-state index in [4.69, 9.17) is 93.8 Å². The lowest BCUT2D eigenvalue weighted by Crippen LogP contribution is -2.16. The van der Waals surface area contributed by atoms with Crippen molar-refractivity contribution in [3.63, 3.8) is 0 Å². The molecule has 0 atom stereocenters.